The first-order valence-electron chi connectivity index (χ1n) is 10.7. The summed E-state index contributed by atoms with van der Waals surface area (Å²) in [6.07, 6.45) is -5.71. The molecule has 0 unspecified atom stereocenters. The minimum absolute atomic E-state index is 0.349. The summed E-state index contributed by atoms with van der Waals surface area (Å²) >= 11 is 0. The Labute approximate surface area is 190 Å². The Morgan fingerprint density at radius 3 is 2.52 bits per heavy atom. The molecule has 178 valence electrons. The number of ether oxygens (including phenoxy) is 2. The van der Waals surface area contributed by atoms with Crippen LogP contribution in [0.2, 0.25) is 0 Å². The number of aromatic nitrogens is 2. The second-order valence-corrected chi connectivity index (χ2v) is 8.08. The Morgan fingerprint density at radius 1 is 1.06 bits per heavy atom. The van der Waals surface area contributed by atoms with Gasteiger partial charge in [0.1, 0.15) is 24.1 Å². The van der Waals surface area contributed by atoms with Gasteiger partial charge >= 0.3 is 0 Å². The van der Waals surface area contributed by atoms with E-state index in [2.05, 4.69) is 10.2 Å². The highest BCUT2D eigenvalue weighted by Gasteiger charge is 2.45. The molecule has 1 aliphatic rings. The van der Waals surface area contributed by atoms with Gasteiger partial charge in [-0.25, -0.2) is 0 Å². The van der Waals surface area contributed by atoms with Gasteiger partial charge in [-0.3, -0.25) is 5.10 Å². The van der Waals surface area contributed by atoms with Crippen LogP contribution in [-0.4, -0.2) is 75.0 Å². The van der Waals surface area contributed by atoms with Gasteiger partial charge in [-0.2, -0.15) is 9.99 Å². The molecule has 10 nitrogen and oxygen atoms in total. The van der Waals surface area contributed by atoms with Crippen molar-refractivity contribution in [3.8, 4) is 11.5 Å². The Hall–Kier alpha value is -2.73. The van der Waals surface area contributed by atoms with Crippen molar-refractivity contribution < 1.29 is 39.7 Å². The van der Waals surface area contributed by atoms with E-state index in [1.54, 1.807) is 13.2 Å². The number of aliphatic hydroxyl groups is 4. The van der Waals surface area contributed by atoms with E-state index in [1.165, 1.54) is 0 Å². The fourth-order valence-corrected chi connectivity index (χ4v) is 3.91. The third-order valence-electron chi connectivity index (χ3n) is 5.75. The molecule has 4 rings (SSSR count). The summed E-state index contributed by atoms with van der Waals surface area (Å²) < 4.78 is 10.3. The van der Waals surface area contributed by atoms with E-state index in [0.717, 1.165) is 34.5 Å². The van der Waals surface area contributed by atoms with E-state index in [4.69, 9.17) is 19.2 Å². The summed E-state index contributed by atoms with van der Waals surface area (Å²) in [5.74, 6) is 1.14. The lowest BCUT2D eigenvalue weighted by Gasteiger charge is -2.38. The van der Waals surface area contributed by atoms with Crippen LogP contribution < -0.4 is 9.62 Å². The number of hydrogen-bond donors (Lipinski definition) is 5. The molecule has 3 aromatic rings. The van der Waals surface area contributed by atoms with Crippen LogP contribution in [0.15, 0.2) is 36.4 Å². The van der Waals surface area contributed by atoms with Crippen molar-refractivity contribution in [1.82, 2.24) is 10.2 Å². The lowest BCUT2D eigenvalue weighted by atomic mass is 9.99. The van der Waals surface area contributed by atoms with Gasteiger partial charge in [0.25, 0.3) is 0 Å². The number of methoxy groups -OCH3 is 1. The van der Waals surface area contributed by atoms with Crippen LogP contribution in [0.1, 0.15) is 16.8 Å². The topological polar surface area (TPSA) is 147 Å². The second-order valence-electron chi connectivity index (χ2n) is 8.08. The summed E-state index contributed by atoms with van der Waals surface area (Å²) in [4.78, 5) is 10.8. The molecule has 0 radical (unpaired) electrons. The zero-order valence-corrected chi connectivity index (χ0v) is 18.3. The molecule has 0 saturated carbocycles. The predicted octanol–water partition coefficient (Wildman–Crippen LogP) is 0.775. The molecule has 10 heteroatoms. The highest BCUT2D eigenvalue weighted by molar-refractivity contribution is 5.88. The molecule has 0 amide bonds. The van der Waals surface area contributed by atoms with Crippen molar-refractivity contribution in [2.75, 3.05) is 13.7 Å². The standard InChI is InChI=1S/C23H28N2O8/c1-12-9-16-19(15(24-25-16)8-5-13-3-6-14(30-2)7-4-13)17(10-12)32-33-22-21(28)20(27)18(11-26)31-23(22)29/h3-4,6-7,9-10,18,20-23,26-29H,5,8,11H2,1-2H3,(H,24,25)/t18-,20-,21+,22-,23-/m1/s1. The van der Waals surface area contributed by atoms with Crippen LogP contribution in [0.5, 0.6) is 11.5 Å². The van der Waals surface area contributed by atoms with E-state index in [0.29, 0.717) is 17.6 Å². The number of aliphatic hydroxyl groups excluding tert-OH is 4. The normalized spacial score (nSPS) is 25.3. The Bertz CT molecular complexity index is 1070. The van der Waals surface area contributed by atoms with Crippen LogP contribution in [0.3, 0.4) is 0 Å². The number of nitrogens with one attached hydrogen (secondary N) is 1. The molecule has 5 atom stereocenters. The van der Waals surface area contributed by atoms with Gasteiger partial charge in [0.15, 0.2) is 18.1 Å². The summed E-state index contributed by atoms with van der Waals surface area (Å²) in [5.41, 5.74) is 3.52. The molecule has 1 aliphatic heterocycles. The smallest absolute Gasteiger partial charge is 0.188 e. The molecule has 2 heterocycles. The number of rotatable bonds is 8. The molecule has 0 bridgehead atoms. The van der Waals surface area contributed by atoms with Gasteiger partial charge in [-0.15, -0.1) is 0 Å². The summed E-state index contributed by atoms with van der Waals surface area (Å²) in [6.45, 7) is 1.32. The minimum atomic E-state index is -1.60. The maximum absolute atomic E-state index is 10.3. The van der Waals surface area contributed by atoms with Crippen molar-refractivity contribution in [3.05, 3.63) is 53.2 Å². The number of hydrogen-bond acceptors (Lipinski definition) is 9. The molecule has 0 spiro atoms. The number of nitrogens with zero attached hydrogens (tertiary/aromatic N) is 1. The number of H-pyrrole nitrogens is 1. The maximum Gasteiger partial charge on any atom is 0.188 e. The first-order valence-corrected chi connectivity index (χ1v) is 10.7. The van der Waals surface area contributed by atoms with Gasteiger partial charge in [0.05, 0.1) is 30.3 Å². The van der Waals surface area contributed by atoms with Gasteiger partial charge in [0.2, 0.25) is 0 Å². The van der Waals surface area contributed by atoms with Crippen LogP contribution >= 0.6 is 0 Å². The van der Waals surface area contributed by atoms with Crippen LogP contribution in [-0.2, 0) is 22.5 Å². The number of aromatic amines is 1. The van der Waals surface area contributed by atoms with Gasteiger partial charge < -0.3 is 34.8 Å². The van der Waals surface area contributed by atoms with Gasteiger partial charge in [-0.05, 0) is 55.2 Å². The highest BCUT2D eigenvalue weighted by Crippen LogP contribution is 2.32. The molecule has 33 heavy (non-hydrogen) atoms. The molecule has 2 aromatic carbocycles. The van der Waals surface area contributed by atoms with E-state index >= 15 is 0 Å². The Morgan fingerprint density at radius 2 is 1.82 bits per heavy atom. The molecular formula is C23H28N2O8. The van der Waals surface area contributed by atoms with Crippen LogP contribution in [0.25, 0.3) is 10.9 Å². The van der Waals surface area contributed by atoms with Gasteiger partial charge in [0, 0.05) is 0 Å². The minimum Gasteiger partial charge on any atom is -0.497 e. The fourth-order valence-electron chi connectivity index (χ4n) is 3.91. The van der Waals surface area contributed by atoms with Crippen molar-refractivity contribution in [2.24, 2.45) is 0 Å². The van der Waals surface area contributed by atoms with E-state index < -0.39 is 37.3 Å². The number of aryl methyl sites for hydroxylation is 3. The SMILES string of the molecule is COc1ccc(CCc2n[nH]c3cc(C)cc(OO[C@@H]4[C@@H](O)[C@H](O)[C@@H](CO)O[C@H]4O)c23)cc1. The Balaban J connectivity index is 1.52. The van der Waals surface area contributed by atoms with E-state index in [-0.39, 0.29) is 0 Å². The third kappa shape index (κ3) is 4.96. The van der Waals surface area contributed by atoms with Crippen molar-refractivity contribution >= 4 is 10.9 Å². The molecule has 0 aliphatic carbocycles. The number of benzene rings is 2. The quantitative estimate of drug-likeness (QED) is 0.243. The highest BCUT2D eigenvalue weighted by atomic mass is 17.2. The predicted molar refractivity (Wildman–Crippen MR) is 117 cm³/mol. The molecule has 1 fully saturated rings. The summed E-state index contributed by atoms with van der Waals surface area (Å²) in [6, 6.07) is 11.5. The lowest BCUT2D eigenvalue weighted by Crippen LogP contribution is -2.59. The van der Waals surface area contributed by atoms with Crippen LogP contribution in [0, 0.1) is 6.92 Å². The van der Waals surface area contributed by atoms with E-state index in [1.807, 2.05) is 37.3 Å². The fraction of sp³-hybridized carbons (Fsp3) is 0.435. The maximum atomic E-state index is 10.3. The summed E-state index contributed by atoms with van der Waals surface area (Å²) in [7, 11) is 1.62. The first-order chi connectivity index (χ1) is 15.9. The lowest BCUT2D eigenvalue weighted by molar-refractivity contribution is -0.364. The van der Waals surface area contributed by atoms with Crippen molar-refractivity contribution in [1.29, 1.82) is 0 Å². The monoisotopic (exact) mass is 460 g/mol. The van der Waals surface area contributed by atoms with Gasteiger partial charge in [-0.1, -0.05) is 12.1 Å². The summed E-state index contributed by atoms with van der Waals surface area (Å²) in [5, 5.41) is 47.8. The van der Waals surface area contributed by atoms with Crippen molar-refractivity contribution in [3.63, 3.8) is 0 Å². The zero-order chi connectivity index (χ0) is 23.5. The molecule has 5 N–H and O–H groups in total. The Kier molecular flexibility index (Phi) is 7.13. The average molecular weight is 460 g/mol. The third-order valence-corrected chi connectivity index (χ3v) is 5.75. The zero-order valence-electron chi connectivity index (χ0n) is 18.3. The van der Waals surface area contributed by atoms with E-state index in [9.17, 15) is 20.4 Å². The molecule has 1 aromatic heterocycles. The molecular weight excluding hydrogens is 432 g/mol. The first kappa shape index (κ1) is 23.4. The second kappa shape index (κ2) is 10.0. The van der Waals surface area contributed by atoms with Crippen LogP contribution in [0.4, 0.5) is 0 Å². The largest absolute Gasteiger partial charge is 0.497 e. The van der Waals surface area contributed by atoms with Crippen molar-refractivity contribution in [2.45, 2.75) is 50.5 Å². The number of fused-ring (bicyclic) bond motifs is 1. The average Bonchev–Trinajstić information content (AvgIpc) is 3.22. The molecule has 1 saturated heterocycles.